The number of pyridine rings is 1. The SMILES string of the molecule is CC(C)[Si](C#Cc1csc2cc3c(cnn3COCC[Si](C)(C)C)c(-c3nccc4c3sc3nc(S(C)(=O)=O)nc(N5CC6CCC(C5)N6C(=O)OC(C)(C)C)c34)c12)(C(C)C)C(C)C. The topological polar surface area (TPSA) is 133 Å². The highest BCUT2D eigenvalue weighted by atomic mass is 32.2. The molecule has 0 aliphatic carbocycles. The number of aromatic nitrogens is 5. The van der Waals surface area contributed by atoms with Crippen molar-refractivity contribution < 1.29 is 22.7 Å². The molecule has 12 nitrogen and oxygen atoms in total. The van der Waals surface area contributed by atoms with Crippen LogP contribution in [0.5, 0.6) is 0 Å². The van der Waals surface area contributed by atoms with E-state index in [-0.39, 0.29) is 23.3 Å². The number of ether oxygens (including phenoxy) is 2. The fourth-order valence-electron chi connectivity index (χ4n) is 10.1. The quantitative estimate of drug-likeness (QED) is 0.0535. The van der Waals surface area contributed by atoms with Gasteiger partial charge in [-0.05, 0) is 68.4 Å². The van der Waals surface area contributed by atoms with Gasteiger partial charge in [-0.25, -0.2) is 27.9 Å². The highest BCUT2D eigenvalue weighted by Crippen LogP contribution is 2.48. The summed E-state index contributed by atoms with van der Waals surface area (Å²) in [5, 5.41) is 10.5. The first-order valence-electron chi connectivity index (χ1n) is 22.5. The highest BCUT2D eigenvalue weighted by molar-refractivity contribution is 7.90. The monoisotopic (exact) mass is 957 g/mol. The van der Waals surface area contributed by atoms with Crippen molar-refractivity contribution in [3.8, 4) is 22.7 Å². The maximum absolute atomic E-state index is 13.5. The molecule has 8 rings (SSSR count). The summed E-state index contributed by atoms with van der Waals surface area (Å²) in [6, 6.07) is 5.06. The van der Waals surface area contributed by atoms with Crippen molar-refractivity contribution in [1.82, 2.24) is 29.6 Å². The van der Waals surface area contributed by atoms with Gasteiger partial charge in [0.25, 0.3) is 0 Å². The largest absolute Gasteiger partial charge is 0.444 e. The number of piperazine rings is 1. The van der Waals surface area contributed by atoms with Crippen LogP contribution in [0.25, 0.3) is 52.5 Å². The molecule has 0 N–H and O–H groups in total. The average Bonchev–Trinajstić information content (AvgIpc) is 3.95. The highest BCUT2D eigenvalue weighted by Gasteiger charge is 2.46. The summed E-state index contributed by atoms with van der Waals surface area (Å²) in [6.45, 7) is 28.7. The number of benzene rings is 1. The third-order valence-electron chi connectivity index (χ3n) is 13.1. The van der Waals surface area contributed by atoms with Gasteiger partial charge >= 0.3 is 6.09 Å². The smallest absolute Gasteiger partial charge is 0.410 e. The number of carbonyl (C=O) groups excluding carboxylic acids is 1. The van der Waals surface area contributed by atoms with E-state index in [0.717, 1.165) is 78.4 Å². The number of carbonyl (C=O) groups is 1. The summed E-state index contributed by atoms with van der Waals surface area (Å²) in [5.41, 5.74) is 8.44. The van der Waals surface area contributed by atoms with Crippen molar-refractivity contribution >= 4 is 102 Å². The van der Waals surface area contributed by atoms with E-state index in [1.165, 1.54) is 11.3 Å². The standard InChI is InChI=1S/C47H63N7O5S3Si2/c1-28(2)64(29(3)4,30(5)6)20-17-31-26-60-37-22-36-35(23-49-53(36)27-58-19-21-63(11,12)13)39(38(31)37)41-42-34(16-18-48-41)40-43(50-45(62(10,56)57)51-44(40)61-42)52-24-32-14-15-33(25-52)54(32)46(55)59-47(7,8)9/h16,18,22-23,26,28-30,32-33H,14-15,19,21,24-25,27H2,1-13H3. The fourth-order valence-corrected chi connectivity index (χ4v) is 18.8. The van der Waals surface area contributed by atoms with Crippen LogP contribution in [0.1, 0.15) is 80.7 Å². The molecule has 64 heavy (non-hydrogen) atoms. The van der Waals surface area contributed by atoms with Gasteiger partial charge in [0.15, 0.2) is 0 Å². The number of anilines is 1. The van der Waals surface area contributed by atoms with Gasteiger partial charge in [0.1, 0.15) is 31.1 Å². The van der Waals surface area contributed by atoms with Crippen molar-refractivity contribution in [1.29, 1.82) is 0 Å². The number of fused-ring (bicyclic) bond motifs is 7. The van der Waals surface area contributed by atoms with Crippen LogP contribution in [-0.2, 0) is 26.0 Å². The molecule has 1 amide bonds. The molecule has 7 heterocycles. The van der Waals surface area contributed by atoms with Crippen LogP contribution in [0.3, 0.4) is 0 Å². The summed E-state index contributed by atoms with van der Waals surface area (Å²) >= 11 is 3.12. The van der Waals surface area contributed by atoms with E-state index in [1.54, 1.807) is 11.3 Å². The van der Waals surface area contributed by atoms with Crippen molar-refractivity contribution in [3.63, 3.8) is 0 Å². The first-order valence-corrected chi connectivity index (χ1v) is 32.1. The second-order valence-electron chi connectivity index (χ2n) is 20.9. The van der Waals surface area contributed by atoms with Gasteiger partial charge in [-0.15, -0.1) is 28.2 Å². The molecule has 0 radical (unpaired) electrons. The van der Waals surface area contributed by atoms with Crippen molar-refractivity contribution in [2.45, 2.75) is 147 Å². The van der Waals surface area contributed by atoms with Crippen LogP contribution in [0.4, 0.5) is 10.6 Å². The average molecular weight is 958 g/mol. The number of sulfone groups is 1. The first kappa shape index (κ1) is 46.6. The Kier molecular flexibility index (Phi) is 12.4. The predicted molar refractivity (Wildman–Crippen MR) is 269 cm³/mol. The molecule has 6 aromatic rings. The molecule has 1 aromatic carbocycles. The van der Waals surface area contributed by atoms with Crippen molar-refractivity contribution in [3.05, 3.63) is 35.5 Å². The Morgan fingerprint density at radius 1 is 0.984 bits per heavy atom. The number of rotatable bonds is 11. The minimum Gasteiger partial charge on any atom is -0.444 e. The van der Waals surface area contributed by atoms with E-state index in [4.69, 9.17) is 29.5 Å². The predicted octanol–water partition coefficient (Wildman–Crippen LogP) is 11.3. The summed E-state index contributed by atoms with van der Waals surface area (Å²) in [6.07, 6.45) is 6.25. The Hall–Kier alpha value is -3.93. The Bertz CT molecular complexity index is 2920. The third-order valence-corrected chi connectivity index (χ3v) is 24.0. The first-order chi connectivity index (χ1) is 30.0. The second-order valence-corrected chi connectivity index (χ2v) is 36.0. The molecule has 2 fully saturated rings. The molecule has 2 aliphatic rings. The molecule has 0 spiro atoms. The maximum atomic E-state index is 13.5. The van der Waals surface area contributed by atoms with Crippen molar-refractivity contribution in [2.24, 2.45) is 0 Å². The zero-order chi connectivity index (χ0) is 46.3. The lowest BCUT2D eigenvalue weighted by Gasteiger charge is -2.42. The Balaban J connectivity index is 1.33. The molecule has 17 heteroatoms. The lowest BCUT2D eigenvalue weighted by molar-refractivity contribution is 0.0123. The van der Waals surface area contributed by atoms with Gasteiger partial charge in [0.05, 0.1) is 39.6 Å². The third kappa shape index (κ3) is 8.63. The molecule has 342 valence electrons. The van der Waals surface area contributed by atoms with Gasteiger partial charge in [-0.1, -0.05) is 67.1 Å². The van der Waals surface area contributed by atoms with Gasteiger partial charge in [0, 0.05) is 77.6 Å². The summed E-state index contributed by atoms with van der Waals surface area (Å²) in [4.78, 5) is 32.8. The fraction of sp³-hybridized carbons (Fsp3) is 0.553. The number of hydrogen-bond acceptors (Lipinski definition) is 12. The van der Waals surface area contributed by atoms with Crippen LogP contribution >= 0.6 is 22.7 Å². The number of nitrogens with zero attached hydrogens (tertiary/aromatic N) is 7. The van der Waals surface area contributed by atoms with E-state index < -0.39 is 31.6 Å². The molecule has 2 unspecified atom stereocenters. The normalized spacial score (nSPS) is 17.6. The minimum absolute atomic E-state index is 0.105. The lowest BCUT2D eigenvalue weighted by atomic mass is 9.98. The molecule has 0 saturated carbocycles. The zero-order valence-corrected chi connectivity index (χ0v) is 44.1. The van der Waals surface area contributed by atoms with Crippen LogP contribution < -0.4 is 4.90 Å². The van der Waals surface area contributed by atoms with E-state index in [9.17, 15) is 13.2 Å². The zero-order valence-electron chi connectivity index (χ0n) is 39.6. The van der Waals surface area contributed by atoms with Crippen LogP contribution in [0.15, 0.2) is 35.1 Å². The number of hydrogen-bond donors (Lipinski definition) is 0. The maximum Gasteiger partial charge on any atom is 0.410 e. The summed E-state index contributed by atoms with van der Waals surface area (Å²) < 4.78 is 42.6. The molecule has 2 aliphatic heterocycles. The molecule has 2 atom stereocenters. The van der Waals surface area contributed by atoms with Crippen LogP contribution in [-0.4, -0.2) is 104 Å². The second kappa shape index (κ2) is 17.1. The van der Waals surface area contributed by atoms with Gasteiger partial charge in [0.2, 0.25) is 15.0 Å². The molecular formula is C47H63N7O5S3Si2. The number of thiophene rings is 2. The van der Waals surface area contributed by atoms with E-state index in [0.29, 0.717) is 53.7 Å². The van der Waals surface area contributed by atoms with Gasteiger partial charge in [-0.3, -0.25) is 9.88 Å². The van der Waals surface area contributed by atoms with Crippen LogP contribution in [0, 0.1) is 11.5 Å². The molecule has 2 bridgehead atoms. The van der Waals surface area contributed by atoms with Crippen LogP contribution in [0.2, 0.25) is 42.3 Å². The lowest BCUT2D eigenvalue weighted by Crippen LogP contribution is -2.57. The molecule has 2 saturated heterocycles. The Labute approximate surface area is 388 Å². The Morgan fingerprint density at radius 3 is 2.27 bits per heavy atom. The summed E-state index contributed by atoms with van der Waals surface area (Å²) in [7, 11) is -7.17. The molecule has 5 aromatic heterocycles. The Morgan fingerprint density at radius 2 is 1.66 bits per heavy atom. The van der Waals surface area contributed by atoms with Gasteiger partial charge in [-0.2, -0.15) is 5.10 Å². The molecular weight excluding hydrogens is 895 g/mol. The minimum atomic E-state index is -3.79. The van der Waals surface area contributed by atoms with Gasteiger partial charge < -0.3 is 14.4 Å². The van der Waals surface area contributed by atoms with E-state index in [1.807, 2.05) is 48.8 Å². The number of amides is 1. The van der Waals surface area contributed by atoms with E-state index in [2.05, 4.69) is 89.0 Å². The summed E-state index contributed by atoms with van der Waals surface area (Å²) in [5.74, 6) is 4.35. The van der Waals surface area contributed by atoms with E-state index >= 15 is 0 Å². The van der Waals surface area contributed by atoms with Crippen molar-refractivity contribution in [2.75, 3.05) is 30.9 Å².